The molecule has 0 unspecified atom stereocenters. The highest BCUT2D eigenvalue weighted by Crippen LogP contribution is 2.35. The summed E-state index contributed by atoms with van der Waals surface area (Å²) in [6.45, 7) is 3.95. The molecule has 1 saturated heterocycles. The topological polar surface area (TPSA) is 35.5 Å². The molecule has 0 aliphatic carbocycles. The molecule has 5 nitrogen and oxygen atoms in total. The van der Waals surface area contributed by atoms with Gasteiger partial charge in [-0.25, -0.2) is 0 Å². The number of nitrogens with zero attached hydrogens (tertiary/aromatic N) is 5. The lowest BCUT2D eigenvalue weighted by molar-refractivity contribution is 0.311. The van der Waals surface area contributed by atoms with Gasteiger partial charge in [-0.2, -0.15) is 9.97 Å². The van der Waals surface area contributed by atoms with Crippen LogP contribution in [0, 0.1) is 0 Å². The first-order chi connectivity index (χ1) is 11.6. The molecular formula is C17H22ClN5S. The van der Waals surface area contributed by atoms with Crippen molar-refractivity contribution in [3.8, 4) is 0 Å². The fourth-order valence-corrected chi connectivity index (χ4v) is 3.69. The predicted molar refractivity (Wildman–Crippen MR) is 103 cm³/mol. The van der Waals surface area contributed by atoms with Gasteiger partial charge in [0.2, 0.25) is 5.95 Å². The van der Waals surface area contributed by atoms with Crippen LogP contribution in [0.2, 0.25) is 5.15 Å². The van der Waals surface area contributed by atoms with E-state index in [4.69, 9.17) is 16.6 Å². The summed E-state index contributed by atoms with van der Waals surface area (Å²) in [7, 11) is 4.11. The van der Waals surface area contributed by atoms with Gasteiger partial charge in [0.25, 0.3) is 0 Å². The van der Waals surface area contributed by atoms with Gasteiger partial charge in [0.05, 0.1) is 4.90 Å². The monoisotopic (exact) mass is 363 g/mol. The summed E-state index contributed by atoms with van der Waals surface area (Å²) in [5.41, 5.74) is 1.04. The largest absolute Gasteiger partial charge is 0.353 e. The number of likely N-dealkylation sites (N-methyl/N-ethyl adjacent to an activating group) is 1. The minimum Gasteiger partial charge on any atom is -0.353 e. The molecule has 24 heavy (non-hydrogen) atoms. The molecule has 128 valence electrons. The Balaban J connectivity index is 1.97. The Morgan fingerprint density at radius 3 is 2.38 bits per heavy atom. The van der Waals surface area contributed by atoms with Gasteiger partial charge in [-0.05, 0) is 25.4 Å². The summed E-state index contributed by atoms with van der Waals surface area (Å²) in [4.78, 5) is 16.9. The van der Waals surface area contributed by atoms with E-state index in [2.05, 4.69) is 21.8 Å². The van der Waals surface area contributed by atoms with E-state index in [0.29, 0.717) is 11.1 Å². The first kappa shape index (κ1) is 17.3. The maximum atomic E-state index is 6.48. The van der Waals surface area contributed by atoms with Crippen LogP contribution in [0.15, 0.2) is 35.2 Å². The second-order valence-corrected chi connectivity index (χ2v) is 7.03. The molecule has 0 spiro atoms. The predicted octanol–water partition coefficient (Wildman–Crippen LogP) is 3.37. The van der Waals surface area contributed by atoms with Crippen LogP contribution in [-0.2, 0) is 0 Å². The first-order valence-corrected chi connectivity index (χ1v) is 9.54. The average molecular weight is 364 g/mol. The molecule has 1 aliphatic rings. The van der Waals surface area contributed by atoms with E-state index in [1.807, 2.05) is 48.5 Å². The van der Waals surface area contributed by atoms with Crippen LogP contribution in [0.5, 0.6) is 0 Å². The standard InChI is InChI=1S/C17H22ClN5S/c1-21-9-11-23(12-10-21)16-14(24-3)15(18)19-17(20-16)22(2)13-7-5-4-6-8-13/h4-8H,9-12H2,1-3H3. The fourth-order valence-electron chi connectivity index (χ4n) is 2.73. The molecule has 0 saturated carbocycles. The molecule has 0 amide bonds. The van der Waals surface area contributed by atoms with E-state index in [1.165, 1.54) is 0 Å². The Labute approximate surface area is 152 Å². The Hall–Kier alpha value is -1.50. The third-order valence-electron chi connectivity index (χ3n) is 4.24. The molecule has 0 atom stereocenters. The molecule has 2 heterocycles. The van der Waals surface area contributed by atoms with E-state index >= 15 is 0 Å². The van der Waals surface area contributed by atoms with Crippen molar-refractivity contribution in [2.45, 2.75) is 4.90 Å². The zero-order valence-electron chi connectivity index (χ0n) is 14.2. The molecule has 2 aromatic rings. The highest BCUT2D eigenvalue weighted by Gasteiger charge is 2.22. The maximum Gasteiger partial charge on any atom is 0.233 e. The smallest absolute Gasteiger partial charge is 0.233 e. The van der Waals surface area contributed by atoms with Crippen molar-refractivity contribution < 1.29 is 0 Å². The zero-order chi connectivity index (χ0) is 17.1. The molecule has 1 aromatic carbocycles. The van der Waals surface area contributed by atoms with Crippen LogP contribution in [0.4, 0.5) is 17.5 Å². The van der Waals surface area contributed by atoms with Crippen LogP contribution >= 0.6 is 23.4 Å². The zero-order valence-corrected chi connectivity index (χ0v) is 15.8. The molecule has 0 bridgehead atoms. The molecule has 0 N–H and O–H groups in total. The van der Waals surface area contributed by atoms with Gasteiger partial charge in [-0.1, -0.05) is 29.8 Å². The van der Waals surface area contributed by atoms with Crippen LogP contribution < -0.4 is 9.80 Å². The highest BCUT2D eigenvalue weighted by atomic mass is 35.5. The Kier molecular flexibility index (Phi) is 5.48. The molecule has 1 aromatic heterocycles. The first-order valence-electron chi connectivity index (χ1n) is 7.94. The van der Waals surface area contributed by atoms with Gasteiger partial charge < -0.3 is 14.7 Å². The van der Waals surface area contributed by atoms with Crippen LogP contribution in [0.25, 0.3) is 0 Å². The lowest BCUT2D eigenvalue weighted by Crippen LogP contribution is -2.45. The number of piperazine rings is 1. The Morgan fingerprint density at radius 2 is 1.75 bits per heavy atom. The fraction of sp³-hybridized carbons (Fsp3) is 0.412. The van der Waals surface area contributed by atoms with E-state index < -0.39 is 0 Å². The Bertz CT molecular complexity index is 689. The number of hydrogen-bond acceptors (Lipinski definition) is 6. The van der Waals surface area contributed by atoms with Gasteiger partial charge in [0, 0.05) is 38.9 Å². The number of para-hydroxylation sites is 1. The van der Waals surface area contributed by atoms with Crippen molar-refractivity contribution >= 4 is 40.8 Å². The SMILES string of the molecule is CSc1c(Cl)nc(N(C)c2ccccc2)nc1N1CCN(C)CC1. The number of halogens is 1. The maximum absolute atomic E-state index is 6.48. The van der Waals surface area contributed by atoms with E-state index in [0.717, 1.165) is 42.6 Å². The summed E-state index contributed by atoms with van der Waals surface area (Å²) in [6.07, 6.45) is 2.02. The number of rotatable bonds is 4. The summed E-state index contributed by atoms with van der Waals surface area (Å²) < 4.78 is 0. The van der Waals surface area contributed by atoms with Crippen molar-refractivity contribution in [2.75, 3.05) is 56.3 Å². The lowest BCUT2D eigenvalue weighted by Gasteiger charge is -2.34. The van der Waals surface area contributed by atoms with Crippen LogP contribution in [-0.4, -0.2) is 61.4 Å². The van der Waals surface area contributed by atoms with E-state index in [1.54, 1.807) is 11.8 Å². The van der Waals surface area contributed by atoms with Crippen LogP contribution in [0.3, 0.4) is 0 Å². The van der Waals surface area contributed by atoms with Gasteiger partial charge >= 0.3 is 0 Å². The van der Waals surface area contributed by atoms with Crippen molar-refractivity contribution in [1.82, 2.24) is 14.9 Å². The molecule has 7 heteroatoms. The molecule has 0 radical (unpaired) electrons. The van der Waals surface area contributed by atoms with Crippen molar-refractivity contribution in [2.24, 2.45) is 0 Å². The van der Waals surface area contributed by atoms with Crippen molar-refractivity contribution in [3.05, 3.63) is 35.5 Å². The minimum absolute atomic E-state index is 0.518. The van der Waals surface area contributed by atoms with Gasteiger partial charge in [-0.15, -0.1) is 11.8 Å². The second kappa shape index (κ2) is 7.59. The van der Waals surface area contributed by atoms with Crippen molar-refractivity contribution in [3.63, 3.8) is 0 Å². The molecule has 3 rings (SSSR count). The van der Waals surface area contributed by atoms with E-state index in [9.17, 15) is 0 Å². The van der Waals surface area contributed by atoms with Crippen LogP contribution in [0.1, 0.15) is 0 Å². The third-order valence-corrected chi connectivity index (χ3v) is 5.41. The lowest BCUT2D eigenvalue weighted by atomic mass is 10.3. The number of aromatic nitrogens is 2. The molecule has 1 aliphatic heterocycles. The normalized spacial score (nSPS) is 15.6. The minimum atomic E-state index is 0.518. The van der Waals surface area contributed by atoms with Crippen molar-refractivity contribution in [1.29, 1.82) is 0 Å². The van der Waals surface area contributed by atoms with Gasteiger partial charge in [-0.3, -0.25) is 0 Å². The summed E-state index contributed by atoms with van der Waals surface area (Å²) in [5.74, 6) is 1.56. The number of hydrogen-bond donors (Lipinski definition) is 0. The Morgan fingerprint density at radius 1 is 1.08 bits per heavy atom. The van der Waals surface area contributed by atoms with E-state index in [-0.39, 0.29) is 0 Å². The summed E-state index contributed by atoms with van der Waals surface area (Å²) >= 11 is 8.08. The highest BCUT2D eigenvalue weighted by molar-refractivity contribution is 7.98. The average Bonchev–Trinajstić information content (AvgIpc) is 2.62. The third kappa shape index (κ3) is 3.61. The molecular weight excluding hydrogens is 342 g/mol. The number of thioether (sulfide) groups is 1. The summed E-state index contributed by atoms with van der Waals surface area (Å²) in [6, 6.07) is 10.1. The van der Waals surface area contributed by atoms with Gasteiger partial charge in [0.1, 0.15) is 11.0 Å². The second-order valence-electron chi connectivity index (χ2n) is 5.86. The van der Waals surface area contributed by atoms with Gasteiger partial charge in [0.15, 0.2) is 0 Å². The summed E-state index contributed by atoms with van der Waals surface area (Å²) in [5, 5.41) is 0.518. The number of benzene rings is 1. The quantitative estimate of drug-likeness (QED) is 0.612. The number of anilines is 3. The molecule has 1 fully saturated rings.